The summed E-state index contributed by atoms with van der Waals surface area (Å²) in [6.45, 7) is 11.1. The highest BCUT2D eigenvalue weighted by molar-refractivity contribution is 4.69. The smallest absolute Gasteiger partial charge is 0.0900 e. The molecule has 49 heavy (non-hydrogen) atoms. The van der Waals surface area contributed by atoms with Crippen LogP contribution in [0.5, 0.6) is 0 Å². The van der Waals surface area contributed by atoms with Crippen molar-refractivity contribution in [3.63, 3.8) is 0 Å². The summed E-state index contributed by atoms with van der Waals surface area (Å²) in [5.74, 6) is 0. The van der Waals surface area contributed by atoms with Gasteiger partial charge in [-0.05, 0) is 25.8 Å². The van der Waals surface area contributed by atoms with E-state index in [4.69, 9.17) is 9.47 Å². The van der Waals surface area contributed by atoms with E-state index in [0.29, 0.717) is 26.3 Å². The van der Waals surface area contributed by atoms with Crippen LogP contribution in [0.15, 0.2) is 0 Å². The number of rotatable bonds is 43. The lowest BCUT2D eigenvalue weighted by Crippen LogP contribution is -2.41. The molecular weight excluding hydrogens is 606 g/mol. The van der Waals surface area contributed by atoms with Gasteiger partial charge in [-0.25, -0.2) is 0 Å². The predicted octanol–water partition coefficient (Wildman–Crippen LogP) is 12.6. The van der Waals surface area contributed by atoms with Crippen LogP contribution >= 0.6 is 0 Å². The Kier molecular flexibility index (Phi) is 42.0. The molecule has 0 spiro atoms. The molecule has 0 aliphatic heterocycles. The second-order valence-electron chi connectivity index (χ2n) is 15.5. The summed E-state index contributed by atoms with van der Waals surface area (Å²) in [4.78, 5) is 2.25. The standard InChI is InChI=1S/C44H91NO4/c1-4-7-10-13-16-19-20-21-22-23-24-25-26-27-30-33-36-45(39-43(46)41-48-37-34-31-28-17-14-11-8-5-2)40-44(47)42-49-38-35-32-29-18-15-12-9-6-3/h43-44,46-47H,4-42H2,1-3H3. The first-order valence-electron chi connectivity index (χ1n) is 22.4. The fourth-order valence-electron chi connectivity index (χ4n) is 6.96. The second-order valence-corrected chi connectivity index (χ2v) is 15.5. The highest BCUT2D eigenvalue weighted by atomic mass is 16.5. The Morgan fingerprint density at radius 2 is 0.592 bits per heavy atom. The number of hydrogen-bond acceptors (Lipinski definition) is 5. The van der Waals surface area contributed by atoms with Crippen LogP contribution in [0.2, 0.25) is 0 Å². The summed E-state index contributed by atoms with van der Waals surface area (Å²) >= 11 is 0. The summed E-state index contributed by atoms with van der Waals surface area (Å²) in [5.41, 5.74) is 0. The van der Waals surface area contributed by atoms with Gasteiger partial charge in [-0.15, -0.1) is 0 Å². The van der Waals surface area contributed by atoms with Crippen LogP contribution in [0.3, 0.4) is 0 Å². The molecule has 0 aromatic carbocycles. The number of nitrogens with zero attached hydrogens (tertiary/aromatic N) is 1. The molecule has 296 valence electrons. The SMILES string of the molecule is CCCCCCCCCCCCCCCCCCN(CC(O)COCCCCCCCCCC)CC(O)COCCCCCCCCCC. The maximum atomic E-state index is 10.8. The van der Waals surface area contributed by atoms with E-state index in [2.05, 4.69) is 25.7 Å². The average molecular weight is 698 g/mol. The second kappa shape index (κ2) is 42.2. The Balaban J connectivity index is 4.16. The van der Waals surface area contributed by atoms with Crippen molar-refractivity contribution in [2.24, 2.45) is 0 Å². The summed E-state index contributed by atoms with van der Waals surface area (Å²) < 4.78 is 11.7. The molecule has 0 saturated carbocycles. The highest BCUT2D eigenvalue weighted by Crippen LogP contribution is 2.15. The van der Waals surface area contributed by atoms with E-state index >= 15 is 0 Å². The molecule has 0 aliphatic carbocycles. The van der Waals surface area contributed by atoms with E-state index in [1.54, 1.807) is 0 Å². The molecule has 0 heterocycles. The minimum atomic E-state index is -0.513. The third-order valence-electron chi connectivity index (χ3n) is 10.2. The molecule has 0 bridgehead atoms. The molecule has 0 radical (unpaired) electrons. The topological polar surface area (TPSA) is 62.2 Å². The first kappa shape index (κ1) is 48.8. The van der Waals surface area contributed by atoms with Gasteiger partial charge in [-0.1, -0.05) is 207 Å². The third-order valence-corrected chi connectivity index (χ3v) is 10.2. The van der Waals surface area contributed by atoms with E-state index in [1.807, 2.05) is 0 Å². The zero-order chi connectivity index (χ0) is 35.7. The summed E-state index contributed by atoms with van der Waals surface area (Å²) in [6, 6.07) is 0. The van der Waals surface area contributed by atoms with Gasteiger partial charge in [-0.3, -0.25) is 4.90 Å². The Hall–Kier alpha value is -0.200. The van der Waals surface area contributed by atoms with Gasteiger partial charge in [0.25, 0.3) is 0 Å². The third kappa shape index (κ3) is 40.4. The molecule has 0 rings (SSSR count). The van der Waals surface area contributed by atoms with Gasteiger partial charge < -0.3 is 19.7 Å². The minimum Gasteiger partial charge on any atom is -0.389 e. The lowest BCUT2D eigenvalue weighted by atomic mass is 10.0. The molecule has 2 unspecified atom stereocenters. The van der Waals surface area contributed by atoms with Crippen LogP contribution in [0.4, 0.5) is 0 Å². The quantitative estimate of drug-likeness (QED) is 0.0621. The predicted molar refractivity (Wildman–Crippen MR) is 215 cm³/mol. The maximum absolute atomic E-state index is 10.8. The summed E-state index contributed by atoms with van der Waals surface area (Å²) in [7, 11) is 0. The summed E-state index contributed by atoms with van der Waals surface area (Å²) in [5, 5.41) is 21.6. The Morgan fingerprint density at radius 3 is 0.878 bits per heavy atom. The van der Waals surface area contributed by atoms with Crippen molar-refractivity contribution in [2.75, 3.05) is 46.1 Å². The first-order valence-corrected chi connectivity index (χ1v) is 22.4. The fraction of sp³-hybridized carbons (Fsp3) is 1.00. The van der Waals surface area contributed by atoms with Crippen molar-refractivity contribution in [1.82, 2.24) is 4.90 Å². The lowest BCUT2D eigenvalue weighted by Gasteiger charge is -2.27. The van der Waals surface area contributed by atoms with Gasteiger partial charge in [0.1, 0.15) is 0 Å². The van der Waals surface area contributed by atoms with Crippen molar-refractivity contribution in [3.8, 4) is 0 Å². The minimum absolute atomic E-state index is 0.386. The van der Waals surface area contributed by atoms with Gasteiger partial charge in [0.05, 0.1) is 25.4 Å². The molecule has 2 atom stereocenters. The normalized spacial score (nSPS) is 13.1. The van der Waals surface area contributed by atoms with Crippen molar-refractivity contribution in [1.29, 1.82) is 0 Å². The Bertz CT molecular complexity index is 559. The van der Waals surface area contributed by atoms with Crippen LogP contribution in [0.25, 0.3) is 0 Å². The molecule has 0 aliphatic rings. The van der Waals surface area contributed by atoms with Crippen molar-refractivity contribution >= 4 is 0 Å². The first-order chi connectivity index (χ1) is 24.1. The average Bonchev–Trinajstić information content (AvgIpc) is 3.09. The summed E-state index contributed by atoms with van der Waals surface area (Å²) in [6.07, 6.45) is 41.5. The van der Waals surface area contributed by atoms with Gasteiger partial charge in [0, 0.05) is 26.3 Å². The maximum Gasteiger partial charge on any atom is 0.0900 e. The zero-order valence-electron chi connectivity index (χ0n) is 33.9. The lowest BCUT2D eigenvalue weighted by molar-refractivity contribution is -0.0113. The largest absolute Gasteiger partial charge is 0.389 e. The molecule has 0 fully saturated rings. The molecule has 0 aromatic rings. The Morgan fingerprint density at radius 1 is 0.347 bits per heavy atom. The molecule has 0 saturated heterocycles. The molecule has 0 aromatic heterocycles. The van der Waals surface area contributed by atoms with Gasteiger partial charge in [0.15, 0.2) is 0 Å². The molecular formula is C44H91NO4. The van der Waals surface area contributed by atoms with Crippen molar-refractivity contribution < 1.29 is 19.7 Å². The van der Waals surface area contributed by atoms with Gasteiger partial charge in [0.2, 0.25) is 0 Å². The van der Waals surface area contributed by atoms with Crippen LogP contribution < -0.4 is 0 Å². The van der Waals surface area contributed by atoms with E-state index in [-0.39, 0.29) is 0 Å². The molecule has 5 nitrogen and oxygen atoms in total. The highest BCUT2D eigenvalue weighted by Gasteiger charge is 2.16. The van der Waals surface area contributed by atoms with Gasteiger partial charge in [-0.2, -0.15) is 0 Å². The number of ether oxygens (including phenoxy) is 2. The van der Waals surface area contributed by atoms with Crippen LogP contribution in [0.1, 0.15) is 226 Å². The van der Waals surface area contributed by atoms with Crippen molar-refractivity contribution in [3.05, 3.63) is 0 Å². The molecule has 2 N–H and O–H groups in total. The van der Waals surface area contributed by atoms with E-state index in [0.717, 1.165) is 39.0 Å². The van der Waals surface area contributed by atoms with Crippen LogP contribution in [0, 0.1) is 0 Å². The number of hydrogen-bond donors (Lipinski definition) is 2. The number of aliphatic hydroxyl groups excluding tert-OH is 2. The monoisotopic (exact) mass is 698 g/mol. The number of aliphatic hydroxyl groups is 2. The molecule has 0 amide bonds. The van der Waals surface area contributed by atoms with Crippen LogP contribution in [-0.2, 0) is 9.47 Å². The van der Waals surface area contributed by atoms with Crippen molar-refractivity contribution in [2.45, 2.75) is 238 Å². The fourth-order valence-corrected chi connectivity index (χ4v) is 6.96. The molecule has 5 heteroatoms. The number of unbranched alkanes of at least 4 members (excludes halogenated alkanes) is 29. The van der Waals surface area contributed by atoms with Crippen LogP contribution in [-0.4, -0.2) is 73.4 Å². The van der Waals surface area contributed by atoms with E-state index in [1.165, 1.54) is 186 Å². The van der Waals surface area contributed by atoms with Gasteiger partial charge >= 0.3 is 0 Å². The van der Waals surface area contributed by atoms with E-state index < -0.39 is 12.2 Å². The Labute approximate surface area is 308 Å². The zero-order valence-corrected chi connectivity index (χ0v) is 33.9. The van der Waals surface area contributed by atoms with E-state index in [9.17, 15) is 10.2 Å².